The molecule has 1 saturated heterocycles. The first-order chi connectivity index (χ1) is 7.25. The summed E-state index contributed by atoms with van der Waals surface area (Å²) >= 11 is 0. The minimum atomic E-state index is 0.123. The van der Waals surface area contributed by atoms with Gasteiger partial charge in [0.25, 0.3) is 0 Å². The summed E-state index contributed by atoms with van der Waals surface area (Å²) in [4.78, 5) is 22.7. The van der Waals surface area contributed by atoms with Gasteiger partial charge in [-0.05, 0) is 25.7 Å². The van der Waals surface area contributed by atoms with E-state index < -0.39 is 0 Å². The number of nitrogens with one attached hydrogen (secondary N) is 2. The lowest BCUT2D eigenvalue weighted by atomic mass is 10.1. The Morgan fingerprint density at radius 3 is 2.87 bits per heavy atom. The van der Waals surface area contributed by atoms with Gasteiger partial charge in [-0.15, -0.1) is 0 Å². The molecule has 0 spiro atoms. The van der Waals surface area contributed by atoms with Crippen LogP contribution in [0.15, 0.2) is 0 Å². The van der Waals surface area contributed by atoms with Gasteiger partial charge < -0.3 is 10.6 Å². The van der Waals surface area contributed by atoms with Gasteiger partial charge in [-0.2, -0.15) is 0 Å². The molecule has 0 aromatic carbocycles. The molecular weight excluding hydrogens is 192 g/mol. The van der Waals surface area contributed by atoms with Crippen LogP contribution in [0, 0.1) is 5.92 Å². The molecule has 2 N–H and O–H groups in total. The first-order valence-electron chi connectivity index (χ1n) is 5.83. The van der Waals surface area contributed by atoms with Crippen LogP contribution >= 0.6 is 0 Å². The van der Waals surface area contributed by atoms with Crippen molar-refractivity contribution in [2.45, 2.75) is 44.6 Å². The fourth-order valence-corrected chi connectivity index (χ4v) is 1.92. The van der Waals surface area contributed by atoms with Gasteiger partial charge in [0.2, 0.25) is 11.8 Å². The topological polar surface area (TPSA) is 58.2 Å². The van der Waals surface area contributed by atoms with Crippen molar-refractivity contribution in [3.8, 4) is 0 Å². The minimum Gasteiger partial charge on any atom is -0.354 e. The molecule has 4 nitrogen and oxygen atoms in total. The van der Waals surface area contributed by atoms with Crippen LogP contribution in [0.3, 0.4) is 0 Å². The van der Waals surface area contributed by atoms with Crippen molar-refractivity contribution in [1.29, 1.82) is 0 Å². The Hall–Kier alpha value is -1.06. The highest BCUT2D eigenvalue weighted by Gasteiger charge is 2.29. The lowest BCUT2D eigenvalue weighted by Crippen LogP contribution is -2.42. The largest absolute Gasteiger partial charge is 0.354 e. The van der Waals surface area contributed by atoms with E-state index in [-0.39, 0.29) is 23.8 Å². The fourth-order valence-electron chi connectivity index (χ4n) is 1.92. The molecule has 1 saturated carbocycles. The van der Waals surface area contributed by atoms with Gasteiger partial charge in [0.05, 0.1) is 0 Å². The molecule has 15 heavy (non-hydrogen) atoms. The molecule has 2 fully saturated rings. The smallest absolute Gasteiger partial charge is 0.223 e. The molecule has 2 aliphatic rings. The van der Waals surface area contributed by atoms with Crippen molar-refractivity contribution < 1.29 is 9.59 Å². The molecular formula is C11H18N2O2. The molecule has 2 amide bonds. The number of amides is 2. The van der Waals surface area contributed by atoms with Crippen LogP contribution in [0.25, 0.3) is 0 Å². The van der Waals surface area contributed by atoms with Crippen LogP contribution in [0.1, 0.15) is 38.5 Å². The molecule has 1 unspecified atom stereocenters. The Morgan fingerprint density at radius 2 is 2.13 bits per heavy atom. The summed E-state index contributed by atoms with van der Waals surface area (Å²) in [6, 6.07) is 0.141. The van der Waals surface area contributed by atoms with E-state index in [9.17, 15) is 9.59 Å². The quantitative estimate of drug-likeness (QED) is 0.715. The van der Waals surface area contributed by atoms with Crippen molar-refractivity contribution in [3.63, 3.8) is 0 Å². The molecule has 1 aliphatic heterocycles. The minimum absolute atomic E-state index is 0.123. The van der Waals surface area contributed by atoms with Gasteiger partial charge in [-0.3, -0.25) is 9.59 Å². The standard InChI is InChI=1S/C11H18N2O2/c14-10-4-2-1-3-9(13-10)7-12-11(15)8-5-6-8/h8-9H,1-7H2,(H,12,15)(H,13,14). The van der Waals surface area contributed by atoms with Crippen LogP contribution < -0.4 is 10.6 Å². The second-order valence-electron chi connectivity index (χ2n) is 4.53. The third-order valence-corrected chi connectivity index (χ3v) is 3.04. The molecule has 1 aliphatic carbocycles. The Morgan fingerprint density at radius 1 is 1.33 bits per heavy atom. The van der Waals surface area contributed by atoms with Crippen LogP contribution in [-0.2, 0) is 9.59 Å². The normalized spacial score (nSPS) is 26.7. The van der Waals surface area contributed by atoms with Gasteiger partial charge in [-0.25, -0.2) is 0 Å². The van der Waals surface area contributed by atoms with E-state index in [1.165, 1.54) is 0 Å². The van der Waals surface area contributed by atoms with Gasteiger partial charge in [0, 0.05) is 24.9 Å². The SMILES string of the molecule is O=C1CCCCC(CNC(=O)C2CC2)N1. The maximum absolute atomic E-state index is 11.4. The first kappa shape index (κ1) is 10.5. The summed E-state index contributed by atoms with van der Waals surface area (Å²) in [6.07, 6.45) is 5.72. The zero-order chi connectivity index (χ0) is 10.7. The Bertz CT molecular complexity index is 261. The van der Waals surface area contributed by atoms with Crippen LogP contribution in [0.2, 0.25) is 0 Å². The molecule has 0 bridgehead atoms. The van der Waals surface area contributed by atoms with Crippen LogP contribution in [0.4, 0.5) is 0 Å². The van der Waals surface area contributed by atoms with Gasteiger partial charge in [0.1, 0.15) is 0 Å². The number of hydrogen-bond donors (Lipinski definition) is 2. The predicted octanol–water partition coefficient (Wildman–Crippen LogP) is 0.571. The number of rotatable bonds is 3. The number of hydrogen-bond acceptors (Lipinski definition) is 2. The van der Waals surface area contributed by atoms with Crippen molar-refractivity contribution >= 4 is 11.8 Å². The van der Waals surface area contributed by atoms with Gasteiger partial charge >= 0.3 is 0 Å². The summed E-state index contributed by atoms with van der Waals surface area (Å²) < 4.78 is 0. The summed E-state index contributed by atoms with van der Waals surface area (Å²) in [5, 5.41) is 5.85. The lowest BCUT2D eigenvalue weighted by molar-refractivity contribution is -0.124. The van der Waals surface area contributed by atoms with Crippen molar-refractivity contribution in [2.75, 3.05) is 6.54 Å². The molecule has 2 rings (SSSR count). The third-order valence-electron chi connectivity index (χ3n) is 3.04. The van der Waals surface area contributed by atoms with Crippen molar-refractivity contribution in [2.24, 2.45) is 5.92 Å². The molecule has 84 valence electrons. The highest BCUT2D eigenvalue weighted by molar-refractivity contribution is 5.81. The van der Waals surface area contributed by atoms with E-state index in [2.05, 4.69) is 10.6 Å². The highest BCUT2D eigenvalue weighted by Crippen LogP contribution is 2.28. The summed E-state index contributed by atoms with van der Waals surface area (Å²) in [7, 11) is 0. The maximum atomic E-state index is 11.4. The second kappa shape index (κ2) is 4.64. The van der Waals surface area contributed by atoms with E-state index in [0.29, 0.717) is 13.0 Å². The average molecular weight is 210 g/mol. The monoisotopic (exact) mass is 210 g/mol. The molecule has 0 aromatic heterocycles. The van der Waals surface area contributed by atoms with Gasteiger partial charge in [0.15, 0.2) is 0 Å². The fraction of sp³-hybridized carbons (Fsp3) is 0.818. The second-order valence-corrected chi connectivity index (χ2v) is 4.53. The van der Waals surface area contributed by atoms with E-state index >= 15 is 0 Å². The highest BCUT2D eigenvalue weighted by atomic mass is 16.2. The van der Waals surface area contributed by atoms with E-state index in [1.54, 1.807) is 0 Å². The molecule has 0 aromatic rings. The summed E-state index contributed by atoms with van der Waals surface area (Å²) in [5.41, 5.74) is 0. The van der Waals surface area contributed by atoms with Crippen LogP contribution in [-0.4, -0.2) is 24.4 Å². The van der Waals surface area contributed by atoms with E-state index in [4.69, 9.17) is 0 Å². The zero-order valence-corrected chi connectivity index (χ0v) is 8.92. The molecule has 0 radical (unpaired) electrons. The van der Waals surface area contributed by atoms with E-state index in [1.807, 2.05) is 0 Å². The van der Waals surface area contributed by atoms with Crippen molar-refractivity contribution in [1.82, 2.24) is 10.6 Å². The van der Waals surface area contributed by atoms with Crippen LogP contribution in [0.5, 0.6) is 0 Å². The maximum Gasteiger partial charge on any atom is 0.223 e. The molecule has 1 atom stereocenters. The Balaban J connectivity index is 1.72. The Labute approximate surface area is 89.8 Å². The Kier molecular flexibility index (Phi) is 3.23. The average Bonchev–Trinajstić information content (AvgIpc) is 3.01. The number of carbonyl (C=O) groups is 2. The first-order valence-corrected chi connectivity index (χ1v) is 5.83. The number of carbonyl (C=O) groups excluding carboxylic acids is 2. The third kappa shape index (κ3) is 3.22. The lowest BCUT2D eigenvalue weighted by Gasteiger charge is -2.16. The summed E-state index contributed by atoms with van der Waals surface area (Å²) in [5.74, 6) is 0.540. The molecule has 4 heteroatoms. The zero-order valence-electron chi connectivity index (χ0n) is 8.92. The van der Waals surface area contributed by atoms with Gasteiger partial charge in [-0.1, -0.05) is 6.42 Å². The van der Waals surface area contributed by atoms with Crippen molar-refractivity contribution in [3.05, 3.63) is 0 Å². The summed E-state index contributed by atoms with van der Waals surface area (Å²) in [6.45, 7) is 0.598. The predicted molar refractivity (Wildman–Crippen MR) is 56.1 cm³/mol. The van der Waals surface area contributed by atoms with E-state index in [0.717, 1.165) is 32.1 Å². The molecule has 1 heterocycles.